The van der Waals surface area contributed by atoms with E-state index in [1.54, 1.807) is 25.1 Å². The number of esters is 1. The van der Waals surface area contributed by atoms with Gasteiger partial charge in [-0.05, 0) is 60.4 Å². The fourth-order valence-corrected chi connectivity index (χ4v) is 4.14. The normalized spacial score (nSPS) is 13.3. The topological polar surface area (TPSA) is 58.6 Å². The lowest BCUT2D eigenvalue weighted by Gasteiger charge is -2.28. The highest BCUT2D eigenvalue weighted by Gasteiger charge is 2.16. The Bertz CT molecular complexity index is 1130. The number of hydrogen-bond donors (Lipinski definition) is 1. The van der Waals surface area contributed by atoms with Crippen LogP contribution in [0.2, 0.25) is 5.02 Å². The molecular weight excluding hydrogens is 424 g/mol. The maximum absolute atomic E-state index is 12.6. The zero-order valence-electron chi connectivity index (χ0n) is 17.9. The highest BCUT2D eigenvalue weighted by atomic mass is 35.5. The van der Waals surface area contributed by atoms with Crippen molar-refractivity contribution in [2.24, 2.45) is 0 Å². The molecule has 0 aliphatic carbocycles. The summed E-state index contributed by atoms with van der Waals surface area (Å²) < 4.78 is 4.97. The molecule has 3 aromatic carbocycles. The van der Waals surface area contributed by atoms with Crippen molar-refractivity contribution in [3.63, 3.8) is 0 Å². The Hall–Kier alpha value is -3.15. The third kappa shape index (κ3) is 5.18. The Morgan fingerprint density at radius 1 is 1.03 bits per heavy atom. The zero-order chi connectivity index (χ0) is 22.5. The van der Waals surface area contributed by atoms with Gasteiger partial charge < -0.3 is 10.1 Å². The molecule has 0 unspecified atom stereocenters. The van der Waals surface area contributed by atoms with Gasteiger partial charge in [-0.2, -0.15) is 0 Å². The number of amides is 1. The van der Waals surface area contributed by atoms with Gasteiger partial charge in [0.25, 0.3) is 5.91 Å². The quantitative estimate of drug-likeness (QED) is 0.518. The molecule has 0 radical (unpaired) electrons. The number of nitrogens with zero attached hydrogens (tertiary/aromatic N) is 1. The average molecular weight is 449 g/mol. The van der Waals surface area contributed by atoms with Crippen molar-refractivity contribution in [1.29, 1.82) is 0 Å². The predicted octanol–water partition coefficient (Wildman–Crippen LogP) is 5.33. The van der Waals surface area contributed by atoms with Crippen LogP contribution in [-0.4, -0.2) is 29.9 Å². The summed E-state index contributed by atoms with van der Waals surface area (Å²) in [6.07, 6.45) is 1.06. The lowest BCUT2D eigenvalue weighted by Crippen LogP contribution is -2.29. The molecule has 1 aliphatic heterocycles. The largest absolute Gasteiger partial charge is 0.462 e. The first-order valence-electron chi connectivity index (χ1n) is 10.7. The van der Waals surface area contributed by atoms with E-state index in [1.807, 2.05) is 24.3 Å². The monoisotopic (exact) mass is 448 g/mol. The maximum Gasteiger partial charge on any atom is 0.339 e. The lowest BCUT2D eigenvalue weighted by molar-refractivity contribution is 0.0526. The number of rotatable bonds is 6. The molecule has 0 aromatic heterocycles. The Labute approximate surface area is 193 Å². The summed E-state index contributed by atoms with van der Waals surface area (Å²) in [6, 6.07) is 21.0. The number of hydrogen-bond acceptors (Lipinski definition) is 4. The molecule has 1 N–H and O–H groups in total. The molecule has 32 heavy (non-hydrogen) atoms. The molecule has 1 heterocycles. The Balaban J connectivity index is 1.36. The molecule has 1 amide bonds. The number of nitrogens with one attached hydrogen (secondary N) is 1. The van der Waals surface area contributed by atoms with Crippen LogP contribution in [0.4, 0.5) is 5.69 Å². The first-order chi connectivity index (χ1) is 15.5. The number of anilines is 1. The number of carbonyl (C=O) groups is 2. The third-order valence-electron chi connectivity index (χ3n) is 5.55. The van der Waals surface area contributed by atoms with E-state index in [-0.39, 0.29) is 23.1 Å². The molecular formula is C26H25ClN2O3. The van der Waals surface area contributed by atoms with Gasteiger partial charge in [-0.25, -0.2) is 4.79 Å². The van der Waals surface area contributed by atoms with Gasteiger partial charge in [-0.15, -0.1) is 0 Å². The second-order valence-corrected chi connectivity index (χ2v) is 8.20. The summed E-state index contributed by atoms with van der Waals surface area (Å²) in [4.78, 5) is 26.9. The van der Waals surface area contributed by atoms with E-state index in [9.17, 15) is 9.59 Å². The van der Waals surface area contributed by atoms with Crippen molar-refractivity contribution in [2.75, 3.05) is 18.5 Å². The van der Waals surface area contributed by atoms with Crippen LogP contribution in [0.5, 0.6) is 0 Å². The van der Waals surface area contributed by atoms with Gasteiger partial charge in [-0.1, -0.05) is 48.0 Å². The molecule has 164 valence electrons. The van der Waals surface area contributed by atoms with Crippen LogP contribution < -0.4 is 5.32 Å². The summed E-state index contributed by atoms with van der Waals surface area (Å²) in [7, 11) is 0. The number of carbonyl (C=O) groups excluding carboxylic acids is 2. The van der Waals surface area contributed by atoms with Crippen LogP contribution in [0.25, 0.3) is 0 Å². The van der Waals surface area contributed by atoms with Crippen LogP contribution in [0, 0.1) is 0 Å². The molecule has 0 saturated carbocycles. The van der Waals surface area contributed by atoms with Crippen molar-refractivity contribution >= 4 is 29.2 Å². The maximum atomic E-state index is 12.6. The van der Waals surface area contributed by atoms with Gasteiger partial charge in [0.05, 0.1) is 17.2 Å². The van der Waals surface area contributed by atoms with E-state index >= 15 is 0 Å². The van der Waals surface area contributed by atoms with E-state index in [2.05, 4.69) is 34.5 Å². The fourth-order valence-electron chi connectivity index (χ4n) is 3.88. The SMILES string of the molecule is CCOC(=O)c1ccc(NC(=O)c2ccc(CN3CCc4ccccc4C3)cc2)cc1Cl. The van der Waals surface area contributed by atoms with Gasteiger partial charge in [0.1, 0.15) is 0 Å². The number of ether oxygens (including phenoxy) is 1. The Kier molecular flexibility index (Phi) is 6.88. The standard InChI is InChI=1S/C26H25ClN2O3/c1-2-32-26(31)23-12-11-22(15-24(23)27)28-25(30)20-9-7-18(8-10-20)16-29-14-13-19-5-3-4-6-21(19)17-29/h3-12,15H,2,13-14,16-17H2,1H3,(H,28,30). The fraction of sp³-hybridized carbons (Fsp3) is 0.231. The second kappa shape index (κ2) is 9.98. The van der Waals surface area contributed by atoms with Gasteiger partial charge in [-0.3, -0.25) is 9.69 Å². The van der Waals surface area contributed by atoms with Crippen LogP contribution in [0.1, 0.15) is 44.3 Å². The summed E-state index contributed by atoms with van der Waals surface area (Å²) in [6.45, 7) is 4.83. The van der Waals surface area contributed by atoms with E-state index in [4.69, 9.17) is 16.3 Å². The molecule has 0 bridgehead atoms. The highest BCUT2D eigenvalue weighted by molar-refractivity contribution is 6.34. The van der Waals surface area contributed by atoms with E-state index in [0.29, 0.717) is 11.3 Å². The molecule has 0 saturated heterocycles. The van der Waals surface area contributed by atoms with Crippen LogP contribution >= 0.6 is 11.6 Å². The van der Waals surface area contributed by atoms with Crippen LogP contribution in [0.15, 0.2) is 66.7 Å². The number of fused-ring (bicyclic) bond motifs is 1. The minimum Gasteiger partial charge on any atom is -0.462 e. The van der Waals surface area contributed by atoms with Crippen molar-refractivity contribution in [1.82, 2.24) is 4.90 Å². The van der Waals surface area contributed by atoms with E-state index in [1.165, 1.54) is 16.7 Å². The first kappa shape index (κ1) is 22.1. The van der Waals surface area contributed by atoms with Crippen molar-refractivity contribution in [3.05, 3.63) is 99.6 Å². The summed E-state index contributed by atoms with van der Waals surface area (Å²) >= 11 is 6.18. The molecule has 0 atom stereocenters. The lowest BCUT2D eigenvalue weighted by atomic mass is 9.99. The van der Waals surface area contributed by atoms with Crippen molar-refractivity contribution in [2.45, 2.75) is 26.4 Å². The predicted molar refractivity (Wildman–Crippen MR) is 126 cm³/mol. The first-order valence-corrected chi connectivity index (χ1v) is 11.1. The van der Waals surface area contributed by atoms with Crippen LogP contribution in [0.3, 0.4) is 0 Å². The van der Waals surface area contributed by atoms with E-state index < -0.39 is 5.97 Å². The van der Waals surface area contributed by atoms with E-state index in [0.717, 1.165) is 26.1 Å². The second-order valence-electron chi connectivity index (χ2n) is 7.80. The average Bonchev–Trinajstić information content (AvgIpc) is 2.79. The molecule has 3 aromatic rings. The third-order valence-corrected chi connectivity index (χ3v) is 5.87. The minimum absolute atomic E-state index is 0.233. The number of benzene rings is 3. The summed E-state index contributed by atoms with van der Waals surface area (Å²) in [5.74, 6) is -0.716. The summed E-state index contributed by atoms with van der Waals surface area (Å²) in [5, 5.41) is 3.06. The van der Waals surface area contributed by atoms with Gasteiger partial charge in [0, 0.05) is 30.9 Å². The van der Waals surface area contributed by atoms with Gasteiger partial charge in [0.2, 0.25) is 0 Å². The van der Waals surface area contributed by atoms with Gasteiger partial charge in [0.15, 0.2) is 0 Å². The van der Waals surface area contributed by atoms with Gasteiger partial charge >= 0.3 is 5.97 Å². The van der Waals surface area contributed by atoms with Crippen LogP contribution in [-0.2, 0) is 24.2 Å². The molecule has 4 rings (SSSR count). The Morgan fingerprint density at radius 3 is 2.50 bits per heavy atom. The minimum atomic E-state index is -0.483. The molecule has 0 fully saturated rings. The zero-order valence-corrected chi connectivity index (χ0v) is 18.7. The molecule has 5 nitrogen and oxygen atoms in total. The number of halogens is 1. The molecule has 0 spiro atoms. The van der Waals surface area contributed by atoms with Crippen molar-refractivity contribution in [3.8, 4) is 0 Å². The smallest absolute Gasteiger partial charge is 0.339 e. The Morgan fingerprint density at radius 2 is 1.78 bits per heavy atom. The molecule has 1 aliphatic rings. The van der Waals surface area contributed by atoms with Crippen molar-refractivity contribution < 1.29 is 14.3 Å². The highest BCUT2D eigenvalue weighted by Crippen LogP contribution is 2.23. The summed E-state index contributed by atoms with van der Waals surface area (Å²) in [5.41, 5.74) is 5.35. The molecule has 6 heteroatoms.